The van der Waals surface area contributed by atoms with Crippen molar-refractivity contribution in [1.29, 1.82) is 0 Å². The van der Waals surface area contributed by atoms with Crippen LogP contribution in [0.5, 0.6) is 5.75 Å². The number of carbonyl (C=O) groups is 1. The summed E-state index contributed by atoms with van der Waals surface area (Å²) >= 11 is 1.52. The van der Waals surface area contributed by atoms with Crippen molar-refractivity contribution in [3.63, 3.8) is 0 Å². The standard InChI is InChI=1S/C21H18N2O2S/c1-3-14-8-10-15(11-9-14)20-17(12-24)23-18(13-26-21(23)22-20)16-6-4-5-7-19(16)25-2/h4-13H,3H2,1-2H3. The van der Waals surface area contributed by atoms with Crippen LogP contribution in [0.3, 0.4) is 0 Å². The Labute approximate surface area is 155 Å². The molecule has 130 valence electrons. The van der Waals surface area contributed by atoms with Gasteiger partial charge in [0.05, 0.1) is 12.8 Å². The second kappa shape index (κ2) is 6.77. The summed E-state index contributed by atoms with van der Waals surface area (Å²) in [7, 11) is 1.65. The van der Waals surface area contributed by atoms with Crippen LogP contribution in [0, 0.1) is 0 Å². The van der Waals surface area contributed by atoms with E-state index in [0.717, 1.165) is 40.2 Å². The largest absolute Gasteiger partial charge is 0.496 e. The Kier molecular flexibility index (Phi) is 4.31. The minimum atomic E-state index is 0.561. The van der Waals surface area contributed by atoms with E-state index in [4.69, 9.17) is 9.72 Å². The van der Waals surface area contributed by atoms with Crippen molar-refractivity contribution in [1.82, 2.24) is 9.38 Å². The number of aryl methyl sites for hydroxylation is 1. The minimum Gasteiger partial charge on any atom is -0.496 e. The summed E-state index contributed by atoms with van der Waals surface area (Å²) in [6.07, 6.45) is 1.87. The van der Waals surface area contributed by atoms with Gasteiger partial charge in [-0.05, 0) is 24.1 Å². The van der Waals surface area contributed by atoms with Gasteiger partial charge in [-0.2, -0.15) is 0 Å². The lowest BCUT2D eigenvalue weighted by Gasteiger charge is -2.08. The molecule has 4 aromatic rings. The number of ether oxygens (including phenoxy) is 1. The van der Waals surface area contributed by atoms with Crippen molar-refractivity contribution in [3.05, 3.63) is 65.2 Å². The number of benzene rings is 2. The van der Waals surface area contributed by atoms with Crippen molar-refractivity contribution in [2.75, 3.05) is 7.11 Å². The quantitative estimate of drug-likeness (QED) is 0.463. The number of carbonyl (C=O) groups excluding carboxylic acids is 1. The molecule has 0 atom stereocenters. The van der Waals surface area contributed by atoms with Crippen LogP contribution in [0.4, 0.5) is 0 Å². The Hall–Kier alpha value is -2.92. The molecule has 0 saturated heterocycles. The molecular weight excluding hydrogens is 344 g/mol. The third-order valence-corrected chi connectivity index (χ3v) is 5.36. The predicted molar refractivity (Wildman–Crippen MR) is 105 cm³/mol. The first-order valence-corrected chi connectivity index (χ1v) is 9.32. The zero-order valence-corrected chi connectivity index (χ0v) is 15.4. The van der Waals surface area contributed by atoms with Crippen LogP contribution < -0.4 is 4.74 Å². The molecule has 0 spiro atoms. The Bertz CT molecular complexity index is 1080. The first-order valence-electron chi connectivity index (χ1n) is 8.44. The van der Waals surface area contributed by atoms with Crippen molar-refractivity contribution >= 4 is 22.6 Å². The lowest BCUT2D eigenvalue weighted by Crippen LogP contribution is -1.96. The number of hydrogen-bond donors (Lipinski definition) is 0. The van der Waals surface area contributed by atoms with Gasteiger partial charge in [-0.1, -0.05) is 43.3 Å². The number of hydrogen-bond acceptors (Lipinski definition) is 4. The summed E-state index contributed by atoms with van der Waals surface area (Å²) in [5.41, 5.74) is 5.34. The molecule has 4 nitrogen and oxygen atoms in total. The highest BCUT2D eigenvalue weighted by atomic mass is 32.1. The Morgan fingerprint density at radius 3 is 2.62 bits per heavy atom. The van der Waals surface area contributed by atoms with Gasteiger partial charge in [0.25, 0.3) is 0 Å². The summed E-state index contributed by atoms with van der Waals surface area (Å²) in [5, 5.41) is 2.01. The summed E-state index contributed by atoms with van der Waals surface area (Å²) in [6, 6.07) is 16.0. The molecule has 0 aliphatic carbocycles. The predicted octanol–water partition coefficient (Wildman–Crippen LogP) is 5.11. The minimum absolute atomic E-state index is 0.561. The summed E-state index contributed by atoms with van der Waals surface area (Å²) in [4.78, 5) is 17.5. The molecule has 2 heterocycles. The van der Waals surface area contributed by atoms with Gasteiger partial charge in [0.2, 0.25) is 0 Å². The molecule has 0 aliphatic heterocycles. The fourth-order valence-electron chi connectivity index (χ4n) is 3.14. The van der Waals surface area contributed by atoms with Crippen molar-refractivity contribution in [2.24, 2.45) is 0 Å². The van der Waals surface area contributed by atoms with Gasteiger partial charge in [-0.15, -0.1) is 11.3 Å². The van der Waals surface area contributed by atoms with E-state index in [2.05, 4.69) is 19.1 Å². The fourth-order valence-corrected chi connectivity index (χ4v) is 4.04. The average molecular weight is 362 g/mol. The lowest BCUT2D eigenvalue weighted by molar-refractivity contribution is 0.111. The molecular formula is C21H18N2O2S. The Morgan fingerprint density at radius 2 is 1.92 bits per heavy atom. The summed E-state index contributed by atoms with van der Waals surface area (Å²) in [6.45, 7) is 2.12. The maximum atomic E-state index is 11.9. The second-order valence-corrected chi connectivity index (χ2v) is 6.79. The highest BCUT2D eigenvalue weighted by molar-refractivity contribution is 7.15. The fraction of sp³-hybridized carbons (Fsp3) is 0.143. The molecule has 5 heteroatoms. The molecule has 0 amide bonds. The molecule has 0 radical (unpaired) electrons. The number of rotatable bonds is 5. The molecule has 0 fully saturated rings. The van der Waals surface area contributed by atoms with Gasteiger partial charge in [-0.3, -0.25) is 9.20 Å². The van der Waals surface area contributed by atoms with E-state index in [1.807, 2.05) is 46.2 Å². The molecule has 26 heavy (non-hydrogen) atoms. The van der Waals surface area contributed by atoms with Crippen LogP contribution in [-0.2, 0) is 6.42 Å². The number of nitrogens with zero attached hydrogens (tertiary/aromatic N) is 2. The van der Waals surface area contributed by atoms with Crippen molar-refractivity contribution in [3.8, 4) is 28.3 Å². The highest BCUT2D eigenvalue weighted by Crippen LogP contribution is 2.36. The van der Waals surface area contributed by atoms with Gasteiger partial charge in [-0.25, -0.2) is 4.98 Å². The lowest BCUT2D eigenvalue weighted by atomic mass is 10.1. The maximum Gasteiger partial charge on any atom is 0.195 e. The van der Waals surface area contributed by atoms with Crippen LogP contribution in [0.15, 0.2) is 53.9 Å². The molecule has 0 saturated carbocycles. The van der Waals surface area contributed by atoms with Gasteiger partial charge >= 0.3 is 0 Å². The van der Waals surface area contributed by atoms with Crippen LogP contribution in [-0.4, -0.2) is 22.8 Å². The number of aldehydes is 1. The number of para-hydroxylation sites is 1. The monoisotopic (exact) mass is 362 g/mol. The van der Waals surface area contributed by atoms with Crippen molar-refractivity contribution in [2.45, 2.75) is 13.3 Å². The van der Waals surface area contributed by atoms with E-state index >= 15 is 0 Å². The summed E-state index contributed by atoms with van der Waals surface area (Å²) < 4.78 is 7.41. The molecule has 0 aliphatic rings. The van der Waals surface area contributed by atoms with Crippen LogP contribution in [0.2, 0.25) is 0 Å². The van der Waals surface area contributed by atoms with E-state index in [-0.39, 0.29) is 0 Å². The topological polar surface area (TPSA) is 43.6 Å². The van der Waals surface area contributed by atoms with Crippen LogP contribution in [0.25, 0.3) is 27.5 Å². The number of imidazole rings is 1. The van der Waals surface area contributed by atoms with E-state index in [9.17, 15) is 4.79 Å². The van der Waals surface area contributed by atoms with Crippen molar-refractivity contribution < 1.29 is 9.53 Å². The number of aromatic nitrogens is 2. The molecule has 0 bridgehead atoms. The van der Waals surface area contributed by atoms with E-state index in [0.29, 0.717) is 11.4 Å². The highest BCUT2D eigenvalue weighted by Gasteiger charge is 2.19. The normalized spacial score (nSPS) is 11.0. The zero-order valence-electron chi connectivity index (χ0n) is 14.6. The molecule has 2 aromatic heterocycles. The van der Waals surface area contributed by atoms with Crippen LogP contribution >= 0.6 is 11.3 Å². The van der Waals surface area contributed by atoms with E-state index in [1.165, 1.54) is 16.9 Å². The first kappa shape index (κ1) is 16.5. The SMILES string of the molecule is CCc1ccc(-c2nc3scc(-c4ccccc4OC)n3c2C=O)cc1. The zero-order chi connectivity index (χ0) is 18.1. The molecule has 4 rings (SSSR count). The Balaban J connectivity index is 1.93. The first-order chi connectivity index (χ1) is 12.8. The molecule has 0 N–H and O–H groups in total. The van der Waals surface area contributed by atoms with Gasteiger partial charge in [0, 0.05) is 16.5 Å². The van der Waals surface area contributed by atoms with Crippen LogP contribution in [0.1, 0.15) is 23.0 Å². The van der Waals surface area contributed by atoms with E-state index < -0.39 is 0 Å². The van der Waals surface area contributed by atoms with Gasteiger partial charge < -0.3 is 4.74 Å². The molecule has 2 aromatic carbocycles. The smallest absolute Gasteiger partial charge is 0.195 e. The average Bonchev–Trinajstić information content (AvgIpc) is 3.27. The van der Waals surface area contributed by atoms with Gasteiger partial charge in [0.15, 0.2) is 11.2 Å². The number of methoxy groups -OCH3 is 1. The third-order valence-electron chi connectivity index (χ3n) is 4.53. The maximum absolute atomic E-state index is 11.9. The number of fused-ring (bicyclic) bond motifs is 1. The molecule has 0 unspecified atom stereocenters. The third kappa shape index (κ3) is 2.61. The number of thiazole rings is 1. The Morgan fingerprint density at radius 1 is 1.15 bits per heavy atom. The summed E-state index contributed by atoms with van der Waals surface area (Å²) in [5.74, 6) is 0.770. The van der Waals surface area contributed by atoms with Gasteiger partial charge in [0.1, 0.15) is 17.1 Å². The second-order valence-electron chi connectivity index (χ2n) is 5.95. The van der Waals surface area contributed by atoms with E-state index in [1.54, 1.807) is 7.11 Å².